The third-order valence-corrected chi connectivity index (χ3v) is 4.72. The molecule has 2 aliphatic rings. The summed E-state index contributed by atoms with van der Waals surface area (Å²) in [7, 11) is 1.74. The fraction of sp³-hybridized carbons (Fsp3) is 0.529. The Hall–Kier alpha value is -2.24. The summed E-state index contributed by atoms with van der Waals surface area (Å²) in [6.07, 6.45) is 2.17. The zero-order chi connectivity index (χ0) is 16.4. The molecule has 0 saturated carbocycles. The van der Waals surface area contributed by atoms with E-state index < -0.39 is 5.60 Å². The lowest BCUT2D eigenvalue weighted by Gasteiger charge is -2.25. The molecule has 124 valence electrons. The van der Waals surface area contributed by atoms with Crippen molar-refractivity contribution < 1.29 is 19.4 Å². The van der Waals surface area contributed by atoms with Gasteiger partial charge in [0, 0.05) is 32.1 Å². The Morgan fingerprint density at radius 3 is 2.78 bits per heavy atom. The standard InChI is InChI=1S/C17H22N2O4/c1-18-12-17(23-16(18)22)7-4-9-19(10-8-17)15(21)11-13-5-2-3-6-14(13)20/h2-3,5-6,20H,4,7-12H2,1H3/t17-/m1/s1. The van der Waals surface area contributed by atoms with E-state index in [1.54, 1.807) is 30.1 Å². The van der Waals surface area contributed by atoms with Crippen LogP contribution >= 0.6 is 0 Å². The number of carbonyl (C=O) groups is 2. The van der Waals surface area contributed by atoms with Gasteiger partial charge in [-0.2, -0.15) is 0 Å². The van der Waals surface area contributed by atoms with Crippen molar-refractivity contribution in [3.05, 3.63) is 29.8 Å². The largest absolute Gasteiger partial charge is 0.508 e. The quantitative estimate of drug-likeness (QED) is 0.902. The maximum absolute atomic E-state index is 12.5. The molecule has 23 heavy (non-hydrogen) atoms. The van der Waals surface area contributed by atoms with Crippen molar-refractivity contribution in [1.82, 2.24) is 9.80 Å². The number of likely N-dealkylation sites (N-methyl/N-ethyl adjacent to an activating group) is 1. The Morgan fingerprint density at radius 2 is 2.09 bits per heavy atom. The number of para-hydroxylation sites is 1. The van der Waals surface area contributed by atoms with Crippen molar-refractivity contribution in [2.24, 2.45) is 0 Å². The van der Waals surface area contributed by atoms with E-state index in [9.17, 15) is 14.7 Å². The number of carbonyl (C=O) groups excluding carboxylic acids is 2. The number of phenolic OH excluding ortho intramolecular Hbond substituents is 1. The van der Waals surface area contributed by atoms with E-state index in [2.05, 4.69) is 0 Å². The first-order chi connectivity index (χ1) is 11.0. The third kappa shape index (κ3) is 3.25. The normalized spacial score (nSPS) is 24.7. The Bertz CT molecular complexity index is 618. The highest BCUT2D eigenvalue weighted by atomic mass is 16.6. The van der Waals surface area contributed by atoms with Gasteiger partial charge in [-0.05, 0) is 18.9 Å². The molecule has 1 spiro atoms. The number of rotatable bonds is 2. The van der Waals surface area contributed by atoms with Crippen molar-refractivity contribution in [3.63, 3.8) is 0 Å². The Kier molecular flexibility index (Phi) is 4.15. The summed E-state index contributed by atoms with van der Waals surface area (Å²) in [5.74, 6) is 0.153. The predicted octanol–water partition coefficient (Wildman–Crippen LogP) is 1.77. The Labute approximate surface area is 135 Å². The second-order valence-corrected chi connectivity index (χ2v) is 6.45. The molecule has 0 radical (unpaired) electrons. The molecule has 2 amide bonds. The molecule has 2 fully saturated rings. The average Bonchev–Trinajstić information content (AvgIpc) is 2.69. The predicted molar refractivity (Wildman–Crippen MR) is 84.1 cm³/mol. The van der Waals surface area contributed by atoms with Crippen molar-refractivity contribution in [2.75, 3.05) is 26.7 Å². The zero-order valence-electron chi connectivity index (χ0n) is 13.3. The van der Waals surface area contributed by atoms with Gasteiger partial charge in [-0.15, -0.1) is 0 Å². The highest BCUT2D eigenvalue weighted by Crippen LogP contribution is 2.32. The fourth-order valence-electron chi connectivity index (χ4n) is 3.40. The van der Waals surface area contributed by atoms with Crippen molar-refractivity contribution in [3.8, 4) is 5.75 Å². The van der Waals surface area contributed by atoms with Crippen LogP contribution in [0, 0.1) is 0 Å². The summed E-state index contributed by atoms with van der Waals surface area (Å²) in [6, 6.07) is 6.91. The molecular weight excluding hydrogens is 296 g/mol. The minimum Gasteiger partial charge on any atom is -0.508 e. The molecule has 0 aliphatic carbocycles. The first-order valence-corrected chi connectivity index (χ1v) is 7.98. The molecule has 2 saturated heterocycles. The smallest absolute Gasteiger partial charge is 0.410 e. The molecule has 1 aromatic rings. The van der Waals surface area contributed by atoms with E-state index in [1.165, 1.54) is 0 Å². The van der Waals surface area contributed by atoms with Crippen LogP contribution in [0.4, 0.5) is 4.79 Å². The van der Waals surface area contributed by atoms with E-state index in [1.807, 2.05) is 11.0 Å². The van der Waals surface area contributed by atoms with Crippen molar-refractivity contribution in [1.29, 1.82) is 0 Å². The van der Waals surface area contributed by atoms with Crippen LogP contribution in [0.1, 0.15) is 24.8 Å². The minimum absolute atomic E-state index is 0.00114. The molecule has 0 aromatic heterocycles. The average molecular weight is 318 g/mol. The number of benzene rings is 1. The number of likely N-dealkylation sites (tertiary alicyclic amines) is 1. The maximum Gasteiger partial charge on any atom is 0.410 e. The van der Waals surface area contributed by atoms with Gasteiger partial charge >= 0.3 is 6.09 Å². The topological polar surface area (TPSA) is 70.1 Å². The second kappa shape index (κ2) is 6.10. The van der Waals surface area contributed by atoms with Gasteiger partial charge in [0.05, 0.1) is 13.0 Å². The SMILES string of the molecule is CN1C[C@]2(CCCN(C(=O)Cc3ccccc3O)CC2)OC1=O. The summed E-state index contributed by atoms with van der Waals surface area (Å²) in [6.45, 7) is 1.83. The highest BCUT2D eigenvalue weighted by molar-refractivity contribution is 5.79. The summed E-state index contributed by atoms with van der Waals surface area (Å²) in [5, 5.41) is 9.81. The maximum atomic E-state index is 12.5. The first kappa shape index (κ1) is 15.6. The molecule has 2 aliphatic heterocycles. The van der Waals surface area contributed by atoms with Crippen LogP contribution < -0.4 is 0 Å². The number of ether oxygens (including phenoxy) is 1. The van der Waals surface area contributed by atoms with E-state index in [0.29, 0.717) is 31.6 Å². The number of nitrogens with zero attached hydrogens (tertiary/aromatic N) is 2. The van der Waals surface area contributed by atoms with Gasteiger partial charge < -0.3 is 19.6 Å². The lowest BCUT2D eigenvalue weighted by molar-refractivity contribution is -0.130. The molecule has 1 N–H and O–H groups in total. The molecule has 2 heterocycles. The van der Waals surface area contributed by atoms with Crippen LogP contribution in [0.2, 0.25) is 0 Å². The van der Waals surface area contributed by atoms with Gasteiger partial charge in [0.25, 0.3) is 0 Å². The Balaban J connectivity index is 1.63. The van der Waals surface area contributed by atoms with Gasteiger partial charge in [-0.3, -0.25) is 4.79 Å². The summed E-state index contributed by atoms with van der Waals surface area (Å²) in [4.78, 5) is 27.6. The van der Waals surface area contributed by atoms with Crippen LogP contribution in [0.15, 0.2) is 24.3 Å². The van der Waals surface area contributed by atoms with Crippen molar-refractivity contribution in [2.45, 2.75) is 31.3 Å². The molecule has 1 atom stereocenters. The molecular formula is C17H22N2O4. The molecule has 0 bridgehead atoms. The van der Waals surface area contributed by atoms with Crippen LogP contribution in [0.25, 0.3) is 0 Å². The van der Waals surface area contributed by atoms with Crippen LogP contribution in [-0.4, -0.2) is 59.2 Å². The lowest BCUT2D eigenvalue weighted by atomic mass is 9.95. The van der Waals surface area contributed by atoms with Crippen LogP contribution in [0.3, 0.4) is 0 Å². The summed E-state index contributed by atoms with van der Waals surface area (Å²) >= 11 is 0. The Morgan fingerprint density at radius 1 is 1.30 bits per heavy atom. The molecule has 6 nitrogen and oxygen atoms in total. The zero-order valence-corrected chi connectivity index (χ0v) is 13.3. The van der Waals surface area contributed by atoms with Gasteiger partial charge in [-0.1, -0.05) is 18.2 Å². The van der Waals surface area contributed by atoms with E-state index in [0.717, 1.165) is 12.8 Å². The second-order valence-electron chi connectivity index (χ2n) is 6.45. The van der Waals surface area contributed by atoms with E-state index in [-0.39, 0.29) is 24.2 Å². The van der Waals surface area contributed by atoms with Crippen LogP contribution in [-0.2, 0) is 16.0 Å². The number of amides is 2. The van der Waals surface area contributed by atoms with Gasteiger partial charge in [0.15, 0.2) is 0 Å². The minimum atomic E-state index is -0.449. The molecule has 6 heteroatoms. The number of phenols is 1. The van der Waals surface area contributed by atoms with E-state index >= 15 is 0 Å². The molecule has 0 unspecified atom stereocenters. The van der Waals surface area contributed by atoms with E-state index in [4.69, 9.17) is 4.74 Å². The lowest BCUT2D eigenvalue weighted by Crippen LogP contribution is -2.37. The number of aromatic hydroxyl groups is 1. The number of hydrogen-bond acceptors (Lipinski definition) is 4. The molecule has 1 aromatic carbocycles. The number of hydrogen-bond donors (Lipinski definition) is 1. The van der Waals surface area contributed by atoms with Gasteiger partial charge in [-0.25, -0.2) is 4.79 Å². The summed E-state index contributed by atoms with van der Waals surface area (Å²) in [5.41, 5.74) is 0.193. The molecule has 3 rings (SSSR count). The van der Waals surface area contributed by atoms with Crippen molar-refractivity contribution >= 4 is 12.0 Å². The first-order valence-electron chi connectivity index (χ1n) is 7.98. The highest BCUT2D eigenvalue weighted by Gasteiger charge is 2.44. The third-order valence-electron chi connectivity index (χ3n) is 4.72. The fourth-order valence-corrected chi connectivity index (χ4v) is 3.40. The monoisotopic (exact) mass is 318 g/mol. The van der Waals surface area contributed by atoms with Gasteiger partial charge in [0.1, 0.15) is 11.4 Å². The summed E-state index contributed by atoms with van der Waals surface area (Å²) < 4.78 is 5.56. The van der Waals surface area contributed by atoms with Gasteiger partial charge in [0.2, 0.25) is 5.91 Å². The van der Waals surface area contributed by atoms with Crippen LogP contribution in [0.5, 0.6) is 5.75 Å².